The van der Waals surface area contributed by atoms with Gasteiger partial charge in [0.15, 0.2) is 0 Å². The van der Waals surface area contributed by atoms with Crippen LogP contribution >= 0.6 is 0 Å². The Hall–Kier alpha value is -2.29. The van der Waals surface area contributed by atoms with Crippen molar-refractivity contribution in [1.29, 1.82) is 0 Å². The second kappa shape index (κ2) is 5.10. The lowest BCUT2D eigenvalue weighted by molar-refractivity contribution is 0.0697. The second-order valence-electron chi connectivity index (χ2n) is 7.54. The molecule has 2 N–H and O–H groups in total. The van der Waals surface area contributed by atoms with Crippen LogP contribution in [0.15, 0.2) is 48.5 Å². The number of nitrogens with one attached hydrogen (secondary N) is 1. The highest BCUT2D eigenvalue weighted by atomic mass is 16.4. The molecule has 2 bridgehead atoms. The number of hydrogen-bond donors (Lipinski definition) is 2. The Bertz CT molecular complexity index is 801. The lowest BCUT2D eigenvalue weighted by Gasteiger charge is -2.44. The summed E-state index contributed by atoms with van der Waals surface area (Å²) in [6, 6.07) is 16.6. The summed E-state index contributed by atoms with van der Waals surface area (Å²) >= 11 is 0. The lowest BCUT2D eigenvalue weighted by atomic mass is 9.67. The monoisotopic (exact) mass is 319 g/mol. The van der Waals surface area contributed by atoms with Crippen molar-refractivity contribution in [1.82, 2.24) is 0 Å². The average molecular weight is 319 g/mol. The fourth-order valence-corrected chi connectivity index (χ4v) is 5.68. The Balaban J connectivity index is 1.69. The van der Waals surface area contributed by atoms with Gasteiger partial charge in [-0.15, -0.1) is 0 Å². The van der Waals surface area contributed by atoms with Crippen molar-refractivity contribution < 1.29 is 9.90 Å². The molecule has 2 fully saturated rings. The summed E-state index contributed by atoms with van der Waals surface area (Å²) in [4.78, 5) is 11.7. The van der Waals surface area contributed by atoms with Gasteiger partial charge in [-0.25, -0.2) is 4.79 Å². The number of benzene rings is 2. The standard InChI is InChI=1S/C21H21NO2/c23-21(24)16-8-4-7-15-17-13-9-10-14(11-13)18(17)19(22-20(15)16)12-5-2-1-3-6-12/h1-8,13-14,17-19,22H,9-11H2,(H,23,24)/t13-,14+,17+,18-,19+/m0/s1. The van der Waals surface area contributed by atoms with Gasteiger partial charge >= 0.3 is 5.97 Å². The van der Waals surface area contributed by atoms with Gasteiger partial charge in [0, 0.05) is 0 Å². The van der Waals surface area contributed by atoms with Gasteiger partial charge < -0.3 is 10.4 Å². The molecule has 3 heteroatoms. The number of carboxylic acids is 1. The Kier molecular flexibility index (Phi) is 2.99. The van der Waals surface area contributed by atoms with Crippen LogP contribution in [0.5, 0.6) is 0 Å². The van der Waals surface area contributed by atoms with Crippen LogP contribution in [0.4, 0.5) is 5.69 Å². The highest BCUT2D eigenvalue weighted by Crippen LogP contribution is 2.63. The van der Waals surface area contributed by atoms with E-state index in [2.05, 4.69) is 35.6 Å². The Morgan fingerprint density at radius 2 is 1.79 bits per heavy atom. The molecule has 2 aromatic carbocycles. The van der Waals surface area contributed by atoms with Crippen molar-refractivity contribution >= 4 is 11.7 Å². The van der Waals surface area contributed by atoms with E-state index in [0.717, 1.165) is 17.5 Å². The zero-order chi connectivity index (χ0) is 16.3. The zero-order valence-corrected chi connectivity index (χ0v) is 13.5. The number of hydrogen-bond acceptors (Lipinski definition) is 2. The summed E-state index contributed by atoms with van der Waals surface area (Å²) in [5, 5.41) is 13.3. The third kappa shape index (κ3) is 1.87. The van der Waals surface area contributed by atoms with E-state index in [1.165, 1.54) is 30.4 Å². The van der Waals surface area contributed by atoms with Crippen molar-refractivity contribution in [2.45, 2.75) is 31.2 Å². The normalized spacial score (nSPS) is 32.8. The average Bonchev–Trinajstić information content (AvgIpc) is 3.23. The van der Waals surface area contributed by atoms with Gasteiger partial charge in [-0.1, -0.05) is 42.5 Å². The molecular weight excluding hydrogens is 298 g/mol. The molecule has 24 heavy (non-hydrogen) atoms. The maximum Gasteiger partial charge on any atom is 0.337 e. The molecule has 3 nitrogen and oxygen atoms in total. The number of anilines is 1. The molecule has 2 saturated carbocycles. The maximum absolute atomic E-state index is 11.7. The molecule has 0 amide bonds. The van der Waals surface area contributed by atoms with E-state index < -0.39 is 5.97 Å². The summed E-state index contributed by atoms with van der Waals surface area (Å²) < 4.78 is 0. The van der Waals surface area contributed by atoms with Gasteiger partial charge in [0.1, 0.15) is 0 Å². The number of para-hydroxylation sites is 1. The molecule has 0 aromatic heterocycles. The van der Waals surface area contributed by atoms with E-state index in [-0.39, 0.29) is 6.04 Å². The highest BCUT2D eigenvalue weighted by Gasteiger charge is 2.54. The van der Waals surface area contributed by atoms with Crippen LogP contribution < -0.4 is 5.32 Å². The van der Waals surface area contributed by atoms with Crippen LogP contribution in [-0.2, 0) is 0 Å². The molecule has 0 radical (unpaired) electrons. The molecule has 5 rings (SSSR count). The third-order valence-electron chi connectivity index (χ3n) is 6.51. The van der Waals surface area contributed by atoms with Gasteiger partial charge in [-0.05, 0) is 60.1 Å². The van der Waals surface area contributed by atoms with Crippen LogP contribution in [0.1, 0.15) is 52.7 Å². The van der Waals surface area contributed by atoms with E-state index >= 15 is 0 Å². The van der Waals surface area contributed by atoms with Crippen LogP contribution in [0.2, 0.25) is 0 Å². The largest absolute Gasteiger partial charge is 0.478 e. The minimum Gasteiger partial charge on any atom is -0.478 e. The van der Waals surface area contributed by atoms with Crippen molar-refractivity contribution in [2.75, 3.05) is 5.32 Å². The van der Waals surface area contributed by atoms with Crippen molar-refractivity contribution in [2.24, 2.45) is 17.8 Å². The van der Waals surface area contributed by atoms with Crippen LogP contribution in [-0.4, -0.2) is 11.1 Å². The van der Waals surface area contributed by atoms with Gasteiger partial charge in [-0.2, -0.15) is 0 Å². The minimum absolute atomic E-state index is 0.222. The van der Waals surface area contributed by atoms with Gasteiger partial charge in [0.2, 0.25) is 0 Å². The first-order chi connectivity index (χ1) is 11.7. The first kappa shape index (κ1) is 14.1. The number of carboxylic acid groups (broad SMARTS) is 1. The lowest BCUT2D eigenvalue weighted by Crippen LogP contribution is -2.36. The molecule has 0 saturated heterocycles. The molecule has 2 aromatic rings. The van der Waals surface area contributed by atoms with Crippen LogP contribution in [0.3, 0.4) is 0 Å². The summed E-state index contributed by atoms with van der Waals surface area (Å²) in [6.45, 7) is 0. The van der Waals surface area contributed by atoms with Crippen LogP contribution in [0, 0.1) is 17.8 Å². The van der Waals surface area contributed by atoms with Crippen molar-refractivity contribution in [3.63, 3.8) is 0 Å². The van der Waals surface area contributed by atoms with E-state index in [1.54, 1.807) is 6.07 Å². The van der Waals surface area contributed by atoms with Crippen LogP contribution in [0.25, 0.3) is 0 Å². The quantitative estimate of drug-likeness (QED) is 0.845. The fraction of sp³-hybridized carbons (Fsp3) is 0.381. The number of aromatic carboxylic acids is 1. The topological polar surface area (TPSA) is 49.3 Å². The number of carbonyl (C=O) groups is 1. The first-order valence-corrected chi connectivity index (χ1v) is 8.91. The molecule has 122 valence electrons. The predicted molar refractivity (Wildman–Crippen MR) is 93.3 cm³/mol. The Morgan fingerprint density at radius 3 is 2.58 bits per heavy atom. The molecule has 2 aliphatic carbocycles. The van der Waals surface area contributed by atoms with Crippen molar-refractivity contribution in [3.05, 3.63) is 65.2 Å². The van der Waals surface area contributed by atoms with E-state index in [4.69, 9.17) is 0 Å². The summed E-state index contributed by atoms with van der Waals surface area (Å²) in [6.07, 6.45) is 3.92. The Labute approximate surface area is 141 Å². The number of rotatable bonds is 2. The summed E-state index contributed by atoms with van der Waals surface area (Å²) in [5.74, 6) is 1.73. The predicted octanol–water partition coefficient (Wildman–Crippen LogP) is 4.68. The minimum atomic E-state index is -0.840. The SMILES string of the molecule is O=C(O)c1cccc2c1N[C@H](c1ccccc1)[C@H]1[C@@H]3CC[C@@H](C3)[C@H]21. The molecule has 1 aliphatic heterocycles. The summed E-state index contributed by atoms with van der Waals surface area (Å²) in [7, 11) is 0. The van der Waals surface area contributed by atoms with Crippen molar-refractivity contribution in [3.8, 4) is 0 Å². The first-order valence-electron chi connectivity index (χ1n) is 8.91. The number of fused-ring (bicyclic) bond motifs is 7. The molecule has 3 aliphatic rings. The molecule has 1 heterocycles. The molecule has 5 atom stereocenters. The fourth-order valence-electron chi connectivity index (χ4n) is 5.68. The summed E-state index contributed by atoms with van der Waals surface area (Å²) in [5.41, 5.74) is 3.78. The van der Waals surface area contributed by atoms with Gasteiger partial charge in [-0.3, -0.25) is 0 Å². The van der Waals surface area contributed by atoms with Gasteiger partial charge in [0.25, 0.3) is 0 Å². The maximum atomic E-state index is 11.7. The molecule has 0 spiro atoms. The van der Waals surface area contributed by atoms with E-state index in [9.17, 15) is 9.90 Å². The molecular formula is C21H21NO2. The highest BCUT2D eigenvalue weighted by molar-refractivity contribution is 5.95. The smallest absolute Gasteiger partial charge is 0.337 e. The van der Waals surface area contributed by atoms with Gasteiger partial charge in [0.05, 0.1) is 17.3 Å². The molecule has 0 unspecified atom stereocenters. The Morgan fingerprint density at radius 1 is 1.00 bits per heavy atom. The second-order valence-corrected chi connectivity index (χ2v) is 7.54. The third-order valence-corrected chi connectivity index (χ3v) is 6.51. The zero-order valence-electron chi connectivity index (χ0n) is 13.5. The van der Waals surface area contributed by atoms with E-state index in [0.29, 0.717) is 17.4 Å². The van der Waals surface area contributed by atoms with E-state index in [1.807, 2.05) is 12.1 Å².